The number of nitrogens with one attached hydrogen (secondary N) is 1. The SMILES string of the molecule is CCNC(=NCc1ncc(C)c(OC)c1C)N1CCC(Oc2ccccc2)CC1.I. The van der Waals surface area contributed by atoms with E-state index in [-0.39, 0.29) is 30.1 Å². The molecular formula is C23H33IN4O2. The monoisotopic (exact) mass is 524 g/mol. The third kappa shape index (κ3) is 6.23. The lowest BCUT2D eigenvalue weighted by molar-refractivity contribution is 0.129. The maximum Gasteiger partial charge on any atom is 0.194 e. The first-order valence-corrected chi connectivity index (χ1v) is 10.4. The summed E-state index contributed by atoms with van der Waals surface area (Å²) in [6.45, 7) is 9.37. The van der Waals surface area contributed by atoms with E-state index in [1.807, 2.05) is 50.4 Å². The Hall–Kier alpha value is -2.03. The molecule has 1 aromatic carbocycles. The highest BCUT2D eigenvalue weighted by molar-refractivity contribution is 14.0. The minimum Gasteiger partial charge on any atom is -0.496 e. The third-order valence-electron chi connectivity index (χ3n) is 5.25. The second-order valence-corrected chi connectivity index (χ2v) is 7.33. The summed E-state index contributed by atoms with van der Waals surface area (Å²) in [6.07, 6.45) is 4.07. The predicted octanol–water partition coefficient (Wildman–Crippen LogP) is 4.33. The second kappa shape index (κ2) is 12.0. The molecule has 0 saturated carbocycles. The largest absolute Gasteiger partial charge is 0.496 e. The van der Waals surface area contributed by atoms with E-state index < -0.39 is 0 Å². The van der Waals surface area contributed by atoms with Crippen LogP contribution in [0.5, 0.6) is 11.5 Å². The number of nitrogens with zero attached hydrogens (tertiary/aromatic N) is 3. The van der Waals surface area contributed by atoms with Crippen LogP contribution in [0.25, 0.3) is 0 Å². The van der Waals surface area contributed by atoms with Crippen molar-refractivity contribution in [2.45, 2.75) is 46.3 Å². The molecule has 0 bridgehead atoms. The van der Waals surface area contributed by atoms with Gasteiger partial charge in [-0.15, -0.1) is 24.0 Å². The van der Waals surface area contributed by atoms with Crippen LogP contribution in [0.3, 0.4) is 0 Å². The molecule has 0 spiro atoms. The van der Waals surface area contributed by atoms with Gasteiger partial charge in [0, 0.05) is 49.8 Å². The van der Waals surface area contributed by atoms with Crippen molar-refractivity contribution < 1.29 is 9.47 Å². The Morgan fingerprint density at radius 2 is 1.90 bits per heavy atom. The van der Waals surface area contributed by atoms with Gasteiger partial charge in [0.1, 0.15) is 17.6 Å². The number of benzene rings is 1. The van der Waals surface area contributed by atoms with Gasteiger partial charge in [-0.25, -0.2) is 4.99 Å². The molecule has 2 heterocycles. The molecule has 6 nitrogen and oxygen atoms in total. The van der Waals surface area contributed by atoms with E-state index in [2.05, 4.69) is 22.1 Å². The molecule has 0 aliphatic carbocycles. The van der Waals surface area contributed by atoms with Gasteiger partial charge in [0.05, 0.1) is 19.3 Å². The fourth-order valence-corrected chi connectivity index (χ4v) is 3.68. The van der Waals surface area contributed by atoms with E-state index in [4.69, 9.17) is 14.5 Å². The number of ether oxygens (including phenoxy) is 2. The molecule has 0 radical (unpaired) electrons. The van der Waals surface area contributed by atoms with E-state index in [9.17, 15) is 0 Å². The molecule has 3 rings (SSSR count). The fraction of sp³-hybridized carbons (Fsp3) is 0.478. The lowest BCUT2D eigenvalue weighted by atomic mass is 10.1. The van der Waals surface area contributed by atoms with Gasteiger partial charge in [-0.1, -0.05) is 18.2 Å². The summed E-state index contributed by atoms with van der Waals surface area (Å²) in [6, 6.07) is 10.1. The molecule has 7 heteroatoms. The van der Waals surface area contributed by atoms with E-state index >= 15 is 0 Å². The molecule has 0 unspecified atom stereocenters. The average molecular weight is 524 g/mol. The molecule has 2 aromatic rings. The zero-order chi connectivity index (χ0) is 20.6. The molecule has 0 amide bonds. The summed E-state index contributed by atoms with van der Waals surface area (Å²) >= 11 is 0. The van der Waals surface area contributed by atoms with Gasteiger partial charge >= 0.3 is 0 Å². The summed E-state index contributed by atoms with van der Waals surface area (Å²) in [5.41, 5.74) is 3.05. The number of likely N-dealkylation sites (tertiary alicyclic amines) is 1. The second-order valence-electron chi connectivity index (χ2n) is 7.33. The Kier molecular flexibility index (Phi) is 9.68. The number of methoxy groups -OCH3 is 1. The minimum atomic E-state index is 0. The molecule has 1 aliphatic rings. The number of aliphatic imine (C=N–C) groups is 1. The highest BCUT2D eigenvalue weighted by atomic mass is 127. The first kappa shape index (κ1) is 24.2. The molecule has 1 aromatic heterocycles. The van der Waals surface area contributed by atoms with Crippen molar-refractivity contribution in [1.29, 1.82) is 0 Å². The number of aryl methyl sites for hydroxylation is 1. The van der Waals surface area contributed by atoms with E-state index in [0.29, 0.717) is 6.54 Å². The van der Waals surface area contributed by atoms with Crippen LogP contribution in [0.2, 0.25) is 0 Å². The van der Waals surface area contributed by atoms with Gasteiger partial charge in [-0.2, -0.15) is 0 Å². The van der Waals surface area contributed by atoms with Crippen molar-refractivity contribution >= 4 is 29.9 Å². The Morgan fingerprint density at radius 3 is 2.53 bits per heavy atom. The quantitative estimate of drug-likeness (QED) is 0.346. The molecule has 1 aliphatic heterocycles. The van der Waals surface area contributed by atoms with Crippen molar-refractivity contribution in [1.82, 2.24) is 15.2 Å². The van der Waals surface area contributed by atoms with Crippen LogP contribution in [-0.2, 0) is 6.54 Å². The minimum absolute atomic E-state index is 0. The fourth-order valence-electron chi connectivity index (χ4n) is 3.68. The van der Waals surface area contributed by atoms with Crippen LogP contribution in [0.4, 0.5) is 0 Å². The average Bonchev–Trinajstić information content (AvgIpc) is 2.74. The van der Waals surface area contributed by atoms with Gasteiger partial charge in [0.2, 0.25) is 0 Å². The molecule has 164 valence electrons. The number of rotatable bonds is 6. The standard InChI is InChI=1S/C23H32N4O2.HI/c1-5-24-23(26-16-21-18(3)22(28-4)17(2)15-25-21)27-13-11-20(12-14-27)29-19-9-7-6-8-10-19;/h6-10,15,20H,5,11-14,16H2,1-4H3,(H,24,26);1H. The van der Waals surface area contributed by atoms with Crippen molar-refractivity contribution in [2.24, 2.45) is 4.99 Å². The summed E-state index contributed by atoms with van der Waals surface area (Å²) < 4.78 is 11.6. The van der Waals surface area contributed by atoms with Crippen molar-refractivity contribution in [2.75, 3.05) is 26.7 Å². The number of guanidine groups is 1. The maximum atomic E-state index is 6.11. The van der Waals surface area contributed by atoms with Crippen LogP contribution in [-0.4, -0.2) is 48.7 Å². The molecule has 30 heavy (non-hydrogen) atoms. The topological polar surface area (TPSA) is 59.0 Å². The lowest BCUT2D eigenvalue weighted by Crippen LogP contribution is -2.47. The Labute approximate surface area is 197 Å². The number of halogens is 1. The number of hydrogen-bond donors (Lipinski definition) is 1. The van der Waals surface area contributed by atoms with Gasteiger partial charge in [0.25, 0.3) is 0 Å². The molecule has 1 saturated heterocycles. The Balaban J connectivity index is 0.00000320. The molecule has 1 fully saturated rings. The van der Waals surface area contributed by atoms with Crippen LogP contribution in [0.1, 0.15) is 36.6 Å². The first-order chi connectivity index (χ1) is 14.1. The Bertz CT molecular complexity index is 821. The highest BCUT2D eigenvalue weighted by Crippen LogP contribution is 2.24. The van der Waals surface area contributed by atoms with Crippen molar-refractivity contribution in [3.8, 4) is 11.5 Å². The van der Waals surface area contributed by atoms with Crippen LogP contribution in [0, 0.1) is 13.8 Å². The van der Waals surface area contributed by atoms with Gasteiger partial charge in [0.15, 0.2) is 5.96 Å². The van der Waals surface area contributed by atoms with Crippen LogP contribution in [0.15, 0.2) is 41.5 Å². The van der Waals surface area contributed by atoms with E-state index in [0.717, 1.165) is 66.8 Å². The highest BCUT2D eigenvalue weighted by Gasteiger charge is 2.23. The van der Waals surface area contributed by atoms with E-state index in [1.165, 1.54) is 0 Å². The number of hydrogen-bond acceptors (Lipinski definition) is 4. The number of aromatic nitrogens is 1. The van der Waals surface area contributed by atoms with Gasteiger partial charge < -0.3 is 19.7 Å². The van der Waals surface area contributed by atoms with E-state index in [1.54, 1.807) is 7.11 Å². The smallest absolute Gasteiger partial charge is 0.194 e. The van der Waals surface area contributed by atoms with Gasteiger partial charge in [-0.3, -0.25) is 4.98 Å². The summed E-state index contributed by atoms with van der Waals surface area (Å²) in [5.74, 6) is 2.78. The number of para-hydroxylation sites is 1. The predicted molar refractivity (Wildman–Crippen MR) is 132 cm³/mol. The Morgan fingerprint density at radius 1 is 1.20 bits per heavy atom. The van der Waals surface area contributed by atoms with Crippen molar-refractivity contribution in [3.63, 3.8) is 0 Å². The maximum absolute atomic E-state index is 6.11. The number of piperidine rings is 1. The third-order valence-corrected chi connectivity index (χ3v) is 5.25. The summed E-state index contributed by atoms with van der Waals surface area (Å²) in [5, 5.41) is 3.42. The lowest BCUT2D eigenvalue weighted by Gasteiger charge is -2.34. The molecule has 1 N–H and O–H groups in total. The molecular weight excluding hydrogens is 491 g/mol. The first-order valence-electron chi connectivity index (χ1n) is 10.4. The van der Waals surface area contributed by atoms with Crippen molar-refractivity contribution in [3.05, 3.63) is 53.3 Å². The van der Waals surface area contributed by atoms with Crippen LogP contribution < -0.4 is 14.8 Å². The summed E-state index contributed by atoms with van der Waals surface area (Å²) in [7, 11) is 1.70. The zero-order valence-corrected chi connectivity index (χ0v) is 20.7. The van der Waals surface area contributed by atoms with Gasteiger partial charge in [-0.05, 0) is 32.9 Å². The zero-order valence-electron chi connectivity index (χ0n) is 18.4. The van der Waals surface area contributed by atoms with Crippen LogP contribution >= 0.6 is 24.0 Å². The summed E-state index contributed by atoms with van der Waals surface area (Å²) in [4.78, 5) is 11.7. The number of pyridine rings is 1. The molecule has 0 atom stereocenters. The normalized spacial score (nSPS) is 14.8.